The summed E-state index contributed by atoms with van der Waals surface area (Å²) < 4.78 is 13.3. The van der Waals surface area contributed by atoms with E-state index in [1.165, 1.54) is 32.3 Å². The number of amidine groups is 1. The number of nitrogens with zero attached hydrogens (tertiary/aromatic N) is 1. The summed E-state index contributed by atoms with van der Waals surface area (Å²) in [7, 11) is 0. The van der Waals surface area contributed by atoms with Crippen LogP contribution >= 0.6 is 0 Å². The van der Waals surface area contributed by atoms with E-state index < -0.39 is 0 Å². The van der Waals surface area contributed by atoms with Crippen molar-refractivity contribution in [2.75, 3.05) is 0 Å². The lowest BCUT2D eigenvalue weighted by molar-refractivity contribution is 0.504. The molecule has 0 fully saturated rings. The monoisotopic (exact) mass is 640 g/mol. The highest BCUT2D eigenvalue weighted by atomic mass is 16.3. The molecule has 1 aliphatic rings. The van der Waals surface area contributed by atoms with Crippen LogP contribution in [0, 0.1) is 0 Å². The van der Waals surface area contributed by atoms with Gasteiger partial charge in [0.15, 0.2) is 5.76 Å². The van der Waals surface area contributed by atoms with Gasteiger partial charge in [-0.2, -0.15) is 0 Å². The average Bonchev–Trinajstić information content (AvgIpc) is 3.77. The zero-order chi connectivity index (χ0) is 32.8. The Bertz CT molecular complexity index is 2940. The summed E-state index contributed by atoms with van der Waals surface area (Å²) in [5, 5.41) is 12.0. The van der Waals surface area contributed by atoms with Crippen molar-refractivity contribution in [1.29, 1.82) is 0 Å². The number of benzene rings is 8. The number of fused-ring (bicyclic) bond motifs is 6. The van der Waals surface area contributed by atoms with Crippen LogP contribution < -0.4 is 5.32 Å². The molecule has 234 valence electrons. The van der Waals surface area contributed by atoms with E-state index in [1.807, 2.05) is 24.3 Å². The van der Waals surface area contributed by atoms with E-state index in [9.17, 15) is 0 Å². The first-order chi connectivity index (χ1) is 24.8. The molecule has 1 unspecified atom stereocenters. The molecule has 1 aliphatic heterocycles. The van der Waals surface area contributed by atoms with E-state index in [0.29, 0.717) is 0 Å². The van der Waals surface area contributed by atoms with Crippen molar-refractivity contribution in [2.45, 2.75) is 6.04 Å². The first kappa shape index (κ1) is 27.3. The van der Waals surface area contributed by atoms with Crippen molar-refractivity contribution in [3.63, 3.8) is 0 Å². The van der Waals surface area contributed by atoms with Gasteiger partial charge in [-0.25, -0.2) is 4.99 Å². The van der Waals surface area contributed by atoms with Crippen LogP contribution in [0.2, 0.25) is 0 Å². The quantitative estimate of drug-likeness (QED) is 0.195. The van der Waals surface area contributed by atoms with Gasteiger partial charge in [0.05, 0.1) is 0 Å². The third-order valence-corrected chi connectivity index (χ3v) is 10.3. The van der Waals surface area contributed by atoms with Crippen molar-refractivity contribution in [3.05, 3.63) is 175 Å². The predicted molar refractivity (Wildman–Crippen MR) is 205 cm³/mol. The molecule has 0 amide bonds. The van der Waals surface area contributed by atoms with Gasteiger partial charge < -0.3 is 14.2 Å². The maximum absolute atomic E-state index is 6.64. The summed E-state index contributed by atoms with van der Waals surface area (Å²) in [5.41, 5.74) is 10.2. The normalized spacial score (nSPS) is 14.5. The Morgan fingerprint density at radius 2 is 1.12 bits per heavy atom. The van der Waals surface area contributed by atoms with Gasteiger partial charge in [-0.3, -0.25) is 0 Å². The molecule has 3 heterocycles. The summed E-state index contributed by atoms with van der Waals surface area (Å²) >= 11 is 0. The minimum atomic E-state index is -0.152. The average molecular weight is 641 g/mol. The lowest BCUT2D eigenvalue weighted by Gasteiger charge is -2.24. The Morgan fingerprint density at radius 1 is 0.460 bits per heavy atom. The molecule has 4 heteroatoms. The van der Waals surface area contributed by atoms with E-state index >= 15 is 0 Å². The molecule has 1 N–H and O–H groups in total. The van der Waals surface area contributed by atoms with Gasteiger partial charge in [-0.05, 0) is 68.1 Å². The van der Waals surface area contributed by atoms with Crippen LogP contribution in [0.5, 0.6) is 0 Å². The molecule has 4 nitrogen and oxygen atoms in total. The summed E-state index contributed by atoms with van der Waals surface area (Å²) in [6, 6.07) is 55.3. The molecule has 2 aromatic heterocycles. The van der Waals surface area contributed by atoms with Crippen LogP contribution in [0.25, 0.3) is 76.7 Å². The predicted octanol–water partition coefficient (Wildman–Crippen LogP) is 12.2. The molecule has 10 aromatic rings. The Balaban J connectivity index is 1.01. The van der Waals surface area contributed by atoms with Crippen molar-refractivity contribution in [2.24, 2.45) is 4.99 Å². The Kier molecular flexibility index (Phi) is 5.69. The van der Waals surface area contributed by atoms with E-state index in [-0.39, 0.29) is 6.04 Å². The molecule has 0 aliphatic carbocycles. The Hall–Kier alpha value is -6.65. The molecule has 1 atom stereocenters. The van der Waals surface area contributed by atoms with Crippen LogP contribution in [0.4, 0.5) is 5.69 Å². The van der Waals surface area contributed by atoms with E-state index in [1.54, 1.807) is 0 Å². The van der Waals surface area contributed by atoms with Gasteiger partial charge in [0.2, 0.25) is 0 Å². The highest BCUT2D eigenvalue weighted by molar-refractivity contribution is 6.34. The molecular formula is C46H28N2O2. The minimum Gasteiger partial charge on any atom is -0.456 e. The van der Waals surface area contributed by atoms with Crippen LogP contribution in [0.3, 0.4) is 0 Å². The third kappa shape index (κ3) is 3.96. The molecule has 0 bridgehead atoms. The fourth-order valence-corrected chi connectivity index (χ4v) is 7.96. The largest absolute Gasteiger partial charge is 0.456 e. The smallest absolute Gasteiger partial charge is 0.157 e. The van der Waals surface area contributed by atoms with Gasteiger partial charge in [0.25, 0.3) is 0 Å². The molecule has 0 saturated carbocycles. The van der Waals surface area contributed by atoms with Crippen molar-refractivity contribution < 1.29 is 8.83 Å². The molecular weight excluding hydrogens is 613 g/mol. The minimum absolute atomic E-state index is 0.152. The first-order valence-electron chi connectivity index (χ1n) is 17.0. The molecule has 0 saturated heterocycles. The fraction of sp³-hybridized carbons (Fsp3) is 0.0217. The van der Waals surface area contributed by atoms with Crippen LogP contribution in [0.15, 0.2) is 172 Å². The summed E-state index contributed by atoms with van der Waals surface area (Å²) in [5.74, 6) is 1.67. The topological polar surface area (TPSA) is 50.7 Å². The maximum Gasteiger partial charge on any atom is 0.157 e. The SMILES string of the molecule is c1ccc(C2=Nc3c(oc4cc(-c5ccc(-c6ccc7c8ccccc8c8cccc9oc6c7c98)cc5)ccc34)C(c3ccccc3)N2)cc1. The second-order valence-corrected chi connectivity index (χ2v) is 13.1. The standard InChI is InChI=1S/C46H28N2O2/c1-3-10-29(11-4-1)42-45-43(48-46(47-42)30-12-5-2-6-13-30)37-23-22-31(26-39(37)50-45)27-18-20-28(21-19-27)32-24-25-36-34-15-8-7-14-33(34)35-16-9-17-38-40(35)41(36)44(32)49-38/h1-26,42H,(H,47,48). The molecule has 8 aromatic carbocycles. The van der Waals surface area contributed by atoms with Crippen LogP contribution in [-0.2, 0) is 0 Å². The molecule has 50 heavy (non-hydrogen) atoms. The Labute approximate surface area is 287 Å². The maximum atomic E-state index is 6.64. The van der Waals surface area contributed by atoms with Gasteiger partial charge in [0.1, 0.15) is 34.3 Å². The van der Waals surface area contributed by atoms with Crippen molar-refractivity contribution in [1.82, 2.24) is 5.32 Å². The number of furan rings is 2. The van der Waals surface area contributed by atoms with Crippen LogP contribution in [-0.4, -0.2) is 5.84 Å². The van der Waals surface area contributed by atoms with Gasteiger partial charge in [0, 0.05) is 27.3 Å². The highest BCUT2D eigenvalue weighted by Gasteiger charge is 2.30. The first-order valence-corrected chi connectivity index (χ1v) is 17.0. The Morgan fingerprint density at radius 3 is 1.92 bits per heavy atom. The van der Waals surface area contributed by atoms with E-state index in [0.717, 1.165) is 72.8 Å². The zero-order valence-corrected chi connectivity index (χ0v) is 26.9. The van der Waals surface area contributed by atoms with Crippen molar-refractivity contribution >= 4 is 66.0 Å². The number of aliphatic imine (C=N–C) groups is 1. The second kappa shape index (κ2) is 10.4. The van der Waals surface area contributed by atoms with Gasteiger partial charge in [-0.15, -0.1) is 0 Å². The summed E-state index contributed by atoms with van der Waals surface area (Å²) in [4.78, 5) is 5.10. The summed E-state index contributed by atoms with van der Waals surface area (Å²) in [6.45, 7) is 0. The van der Waals surface area contributed by atoms with Gasteiger partial charge >= 0.3 is 0 Å². The highest BCUT2D eigenvalue weighted by Crippen LogP contribution is 2.46. The molecule has 0 radical (unpaired) electrons. The third-order valence-electron chi connectivity index (χ3n) is 10.3. The molecule has 11 rings (SSSR count). The fourth-order valence-electron chi connectivity index (χ4n) is 7.96. The zero-order valence-electron chi connectivity index (χ0n) is 26.9. The van der Waals surface area contributed by atoms with E-state index in [4.69, 9.17) is 13.8 Å². The van der Waals surface area contributed by atoms with Gasteiger partial charge in [-0.1, -0.05) is 133 Å². The van der Waals surface area contributed by atoms with Crippen molar-refractivity contribution in [3.8, 4) is 22.3 Å². The van der Waals surface area contributed by atoms with Crippen LogP contribution in [0.1, 0.15) is 22.9 Å². The number of rotatable bonds is 4. The van der Waals surface area contributed by atoms with E-state index in [2.05, 4.69) is 139 Å². The molecule has 0 spiro atoms. The summed E-state index contributed by atoms with van der Waals surface area (Å²) in [6.07, 6.45) is 0. The number of hydrogen-bond acceptors (Lipinski definition) is 4. The lowest BCUT2D eigenvalue weighted by Crippen LogP contribution is -2.32. The lowest BCUT2D eigenvalue weighted by atomic mass is 9.91. The second-order valence-electron chi connectivity index (χ2n) is 13.1. The number of nitrogens with one attached hydrogen (secondary N) is 1. The number of hydrogen-bond donors (Lipinski definition) is 1.